The number of benzene rings is 1. The molecule has 0 fully saturated rings. The lowest BCUT2D eigenvalue weighted by Gasteiger charge is -2.14. The van der Waals surface area contributed by atoms with Crippen LogP contribution in [-0.2, 0) is 0 Å². The second kappa shape index (κ2) is 6.49. The zero-order valence-electron chi connectivity index (χ0n) is 13.0. The molecule has 1 aromatic carbocycles. The van der Waals surface area contributed by atoms with Gasteiger partial charge >= 0.3 is 0 Å². The van der Waals surface area contributed by atoms with Crippen molar-refractivity contribution in [3.05, 3.63) is 59.4 Å². The number of nitrogens with zero attached hydrogens (tertiary/aromatic N) is 2. The second-order valence-corrected chi connectivity index (χ2v) is 5.15. The molecule has 24 heavy (non-hydrogen) atoms. The van der Waals surface area contributed by atoms with Crippen molar-refractivity contribution in [2.75, 3.05) is 20.2 Å². The van der Waals surface area contributed by atoms with Crippen LogP contribution in [0.4, 0.5) is 0 Å². The second-order valence-electron chi connectivity index (χ2n) is 5.15. The molecule has 0 radical (unpaired) electrons. The van der Waals surface area contributed by atoms with Crippen LogP contribution in [0.25, 0.3) is 0 Å². The van der Waals surface area contributed by atoms with Crippen molar-refractivity contribution in [1.82, 2.24) is 15.2 Å². The summed E-state index contributed by atoms with van der Waals surface area (Å²) in [7, 11) is 1.52. The maximum atomic E-state index is 12.2. The third-order valence-electron chi connectivity index (χ3n) is 3.68. The molecule has 0 saturated heterocycles. The van der Waals surface area contributed by atoms with Gasteiger partial charge in [0.05, 0.1) is 12.7 Å². The maximum absolute atomic E-state index is 12.2. The van der Waals surface area contributed by atoms with E-state index in [-0.39, 0.29) is 24.7 Å². The van der Waals surface area contributed by atoms with Crippen LogP contribution in [0.15, 0.2) is 42.6 Å². The van der Waals surface area contributed by atoms with Gasteiger partial charge in [0, 0.05) is 24.8 Å². The number of imide groups is 1. The van der Waals surface area contributed by atoms with Gasteiger partial charge in [0.25, 0.3) is 17.7 Å². The van der Waals surface area contributed by atoms with Gasteiger partial charge in [-0.25, -0.2) is 0 Å². The predicted molar refractivity (Wildman–Crippen MR) is 84.9 cm³/mol. The minimum absolute atomic E-state index is 0.0870. The van der Waals surface area contributed by atoms with Crippen LogP contribution in [0, 0.1) is 0 Å². The molecule has 0 saturated carbocycles. The summed E-state index contributed by atoms with van der Waals surface area (Å²) in [5, 5.41) is 2.68. The lowest BCUT2D eigenvalue weighted by molar-refractivity contribution is 0.0648. The minimum Gasteiger partial charge on any atom is -0.497 e. The summed E-state index contributed by atoms with van der Waals surface area (Å²) in [5.41, 5.74) is 0.890. The topological polar surface area (TPSA) is 88.6 Å². The fraction of sp³-hybridized carbons (Fsp3) is 0.176. The molecule has 3 rings (SSSR count). The summed E-state index contributed by atoms with van der Waals surface area (Å²) in [4.78, 5) is 41.4. The van der Waals surface area contributed by atoms with E-state index >= 15 is 0 Å². The van der Waals surface area contributed by atoms with Gasteiger partial charge in [0.1, 0.15) is 11.4 Å². The normalized spacial score (nSPS) is 13.0. The monoisotopic (exact) mass is 325 g/mol. The number of ether oxygens (including phenoxy) is 1. The first kappa shape index (κ1) is 15.7. The van der Waals surface area contributed by atoms with Crippen molar-refractivity contribution >= 4 is 17.7 Å². The number of aromatic nitrogens is 1. The first-order valence-electron chi connectivity index (χ1n) is 7.35. The number of amides is 3. The Labute approximate surface area is 138 Å². The number of rotatable bonds is 5. The SMILES string of the molecule is COc1cccc(C(=O)NCCN2C(=O)c3cccnc3C2=O)c1. The Hall–Kier alpha value is -3.22. The van der Waals surface area contributed by atoms with E-state index in [1.54, 1.807) is 36.4 Å². The van der Waals surface area contributed by atoms with E-state index in [0.717, 1.165) is 4.90 Å². The van der Waals surface area contributed by atoms with Gasteiger partial charge in [0.2, 0.25) is 0 Å². The van der Waals surface area contributed by atoms with E-state index in [9.17, 15) is 14.4 Å². The predicted octanol–water partition coefficient (Wildman–Crippen LogP) is 1.12. The molecule has 7 heteroatoms. The van der Waals surface area contributed by atoms with Gasteiger partial charge in [0.15, 0.2) is 0 Å². The molecule has 7 nitrogen and oxygen atoms in total. The van der Waals surface area contributed by atoms with Crippen molar-refractivity contribution in [3.8, 4) is 5.75 Å². The molecule has 0 bridgehead atoms. The van der Waals surface area contributed by atoms with Crippen LogP contribution in [0.2, 0.25) is 0 Å². The van der Waals surface area contributed by atoms with Crippen molar-refractivity contribution in [2.45, 2.75) is 0 Å². The van der Waals surface area contributed by atoms with Crippen molar-refractivity contribution in [3.63, 3.8) is 0 Å². The largest absolute Gasteiger partial charge is 0.497 e. The molecule has 122 valence electrons. The highest BCUT2D eigenvalue weighted by Crippen LogP contribution is 2.19. The summed E-state index contributed by atoms with van der Waals surface area (Å²) in [6, 6.07) is 9.90. The molecule has 0 aliphatic carbocycles. The summed E-state index contributed by atoms with van der Waals surface area (Å²) in [5.74, 6) is -0.553. The lowest BCUT2D eigenvalue weighted by Crippen LogP contribution is -2.38. The molecule has 0 atom stereocenters. The molecule has 2 aromatic rings. The number of nitrogens with one attached hydrogen (secondary N) is 1. The summed E-state index contributed by atoms with van der Waals surface area (Å²) < 4.78 is 5.07. The zero-order chi connectivity index (χ0) is 17.1. The summed E-state index contributed by atoms with van der Waals surface area (Å²) >= 11 is 0. The molecular weight excluding hydrogens is 310 g/mol. The number of methoxy groups -OCH3 is 1. The quantitative estimate of drug-likeness (QED) is 0.832. The van der Waals surface area contributed by atoms with Crippen LogP contribution in [-0.4, -0.2) is 47.8 Å². The fourth-order valence-electron chi connectivity index (χ4n) is 2.46. The Morgan fingerprint density at radius 2 is 2.04 bits per heavy atom. The van der Waals surface area contributed by atoms with Crippen LogP contribution >= 0.6 is 0 Å². The highest BCUT2D eigenvalue weighted by molar-refractivity contribution is 6.20. The molecule has 0 spiro atoms. The van der Waals surface area contributed by atoms with Gasteiger partial charge in [-0.2, -0.15) is 0 Å². The lowest BCUT2D eigenvalue weighted by atomic mass is 10.2. The van der Waals surface area contributed by atoms with Crippen LogP contribution < -0.4 is 10.1 Å². The fourth-order valence-corrected chi connectivity index (χ4v) is 2.46. The summed E-state index contributed by atoms with van der Waals surface area (Å²) in [6.45, 7) is 0.241. The highest BCUT2D eigenvalue weighted by Gasteiger charge is 2.36. The third kappa shape index (κ3) is 2.83. The number of hydrogen-bond acceptors (Lipinski definition) is 5. The van der Waals surface area contributed by atoms with Gasteiger partial charge in [-0.05, 0) is 30.3 Å². The number of fused-ring (bicyclic) bond motifs is 1. The number of pyridine rings is 1. The van der Waals surface area contributed by atoms with Gasteiger partial charge < -0.3 is 10.1 Å². The Morgan fingerprint density at radius 3 is 2.79 bits per heavy atom. The Kier molecular flexibility index (Phi) is 4.24. The molecule has 1 aromatic heterocycles. The Morgan fingerprint density at radius 1 is 1.21 bits per heavy atom. The van der Waals surface area contributed by atoms with Crippen molar-refractivity contribution in [1.29, 1.82) is 0 Å². The summed E-state index contributed by atoms with van der Waals surface area (Å²) in [6.07, 6.45) is 1.47. The molecular formula is C17H15N3O4. The van der Waals surface area contributed by atoms with Crippen LogP contribution in [0.1, 0.15) is 31.2 Å². The van der Waals surface area contributed by atoms with E-state index in [2.05, 4.69) is 10.3 Å². The number of carbonyl (C=O) groups is 3. The number of hydrogen-bond donors (Lipinski definition) is 1. The zero-order valence-corrected chi connectivity index (χ0v) is 13.0. The first-order valence-corrected chi connectivity index (χ1v) is 7.35. The molecule has 2 heterocycles. The highest BCUT2D eigenvalue weighted by atomic mass is 16.5. The van der Waals surface area contributed by atoms with E-state index < -0.39 is 11.8 Å². The Bertz CT molecular complexity index is 784. The van der Waals surface area contributed by atoms with Gasteiger partial charge in [-0.1, -0.05) is 6.07 Å². The van der Waals surface area contributed by atoms with E-state index in [1.807, 2.05) is 0 Å². The average molecular weight is 325 g/mol. The molecule has 0 unspecified atom stereocenters. The Balaban J connectivity index is 1.60. The van der Waals surface area contributed by atoms with Gasteiger partial charge in [-0.3, -0.25) is 24.3 Å². The smallest absolute Gasteiger partial charge is 0.280 e. The molecule has 1 N–H and O–H groups in total. The minimum atomic E-state index is -0.439. The third-order valence-corrected chi connectivity index (χ3v) is 3.68. The molecule has 1 aliphatic heterocycles. The maximum Gasteiger partial charge on any atom is 0.280 e. The van der Waals surface area contributed by atoms with E-state index in [4.69, 9.17) is 4.74 Å². The number of carbonyl (C=O) groups excluding carboxylic acids is 3. The van der Waals surface area contributed by atoms with Crippen molar-refractivity contribution in [2.24, 2.45) is 0 Å². The van der Waals surface area contributed by atoms with Crippen molar-refractivity contribution < 1.29 is 19.1 Å². The van der Waals surface area contributed by atoms with E-state index in [1.165, 1.54) is 13.3 Å². The van der Waals surface area contributed by atoms with Gasteiger partial charge in [-0.15, -0.1) is 0 Å². The van der Waals surface area contributed by atoms with Crippen LogP contribution in [0.3, 0.4) is 0 Å². The van der Waals surface area contributed by atoms with Crippen LogP contribution in [0.5, 0.6) is 5.75 Å². The average Bonchev–Trinajstić information content (AvgIpc) is 2.87. The van der Waals surface area contributed by atoms with E-state index in [0.29, 0.717) is 16.9 Å². The molecule has 1 aliphatic rings. The molecule has 3 amide bonds. The standard InChI is InChI=1S/C17H15N3O4/c1-24-12-5-2-4-11(10-12)15(21)19-8-9-20-16(22)13-6-3-7-18-14(13)17(20)23/h2-7,10H,8-9H2,1H3,(H,19,21). The first-order chi connectivity index (χ1) is 11.6.